The molecule has 0 aliphatic rings. The maximum Gasteiger partial charge on any atom is 0.407 e. The van der Waals surface area contributed by atoms with E-state index in [4.69, 9.17) is 80.5 Å². The van der Waals surface area contributed by atoms with Gasteiger partial charge in [-0.3, -0.25) is 38.7 Å². The van der Waals surface area contributed by atoms with E-state index in [-0.39, 0.29) is 224 Å². The molecule has 0 radical (unpaired) electrons. The lowest BCUT2D eigenvalue weighted by Gasteiger charge is -2.29. The fraction of sp³-hybridized carbons (Fsp3) is 0.795. The van der Waals surface area contributed by atoms with Gasteiger partial charge in [0.2, 0.25) is 23.6 Å². The fourth-order valence-electron chi connectivity index (χ4n) is 8.64. The number of carbonyl (C=O) groups excluding carboxylic acids is 9. The zero-order chi connectivity index (χ0) is 81.4. The average molecular weight is 1580 g/mol. The number of rotatable bonds is 66. The van der Waals surface area contributed by atoms with Gasteiger partial charge in [0, 0.05) is 78.5 Å². The van der Waals surface area contributed by atoms with E-state index >= 15 is 0 Å². The first-order valence-electron chi connectivity index (χ1n) is 37.6. The Balaban J connectivity index is 3.10. The predicted octanol–water partition coefficient (Wildman–Crippen LogP) is 1.40. The van der Waals surface area contributed by atoms with Crippen molar-refractivity contribution in [2.75, 3.05) is 270 Å². The summed E-state index contributed by atoms with van der Waals surface area (Å²) in [5.74, 6) is -2.22. The molecule has 0 aliphatic carbocycles. The van der Waals surface area contributed by atoms with Crippen molar-refractivity contribution in [1.29, 1.82) is 0 Å². The Morgan fingerprint density at radius 1 is 0.264 bits per heavy atom. The topological polar surface area (TPSA) is 416 Å². The Hall–Kier alpha value is -6.95. The zero-order valence-corrected chi connectivity index (χ0v) is 67.5. The molecule has 110 heavy (non-hydrogen) atoms. The molecule has 37 nitrogen and oxygen atoms in total. The van der Waals surface area contributed by atoms with Gasteiger partial charge in [0.15, 0.2) is 0 Å². The van der Waals surface area contributed by atoms with Crippen LogP contribution in [0.3, 0.4) is 0 Å². The summed E-state index contributed by atoms with van der Waals surface area (Å²) in [6.45, 7) is 28.3. The van der Waals surface area contributed by atoms with Gasteiger partial charge >= 0.3 is 30.3 Å². The van der Waals surface area contributed by atoms with Gasteiger partial charge in [-0.2, -0.15) is 0 Å². The van der Waals surface area contributed by atoms with Crippen LogP contribution in [-0.2, 0) is 111 Å². The van der Waals surface area contributed by atoms with E-state index in [2.05, 4.69) is 42.5 Å². The van der Waals surface area contributed by atoms with Gasteiger partial charge in [0.25, 0.3) is 0 Å². The number of nitrogens with zero attached hydrogens (tertiary/aromatic N) is 3. The van der Waals surface area contributed by atoms with Crippen molar-refractivity contribution in [3.8, 4) is 0 Å². The lowest BCUT2D eigenvalue weighted by atomic mass is 10.2. The summed E-state index contributed by atoms with van der Waals surface area (Å²) in [5.41, 5.74) is -1.67. The molecule has 1 aromatic rings. The quantitative estimate of drug-likeness (QED) is 0.0259. The Morgan fingerprint density at radius 2 is 0.464 bits per heavy atom. The number of carbonyl (C=O) groups is 9. The molecule has 0 fully saturated rings. The standard InChI is InChI=1S/C73H133N11O26/c1-70(2,3)107-66(90)78-22-34-98-42-50-102-46-38-94-30-18-74-61(85)54-83(55-62(86)75-19-31-95-39-47-103-51-43-99-35-23-79-67(91)108-71(4,5)6)28-26-82(58-65(89)106-59-60-16-14-13-15-17-60)27-29-84(56-63(87)76-20-32-96-40-48-104-52-44-100-36-24-80-68(92)109-72(7,8)9)57-64(88)77-21-33-97-41-49-105-53-45-101-37-25-81-69(93)110-73(10,11)12/h13-17H,18-59H2,1-12H3,(H,74,85)(H,75,86)(H,76,87)(H,77,88)(H,78,90)(H,79,91)(H,80,92)(H,81,93). The van der Waals surface area contributed by atoms with E-state index in [0.717, 1.165) is 5.56 Å². The SMILES string of the molecule is CC(C)(C)OC(=O)NCCOCCOCCOCCNC(=O)CN(CCN(CCN(CC(=O)NCCOCCOCCOCCNC(=O)OC(C)(C)C)CC(=O)NCCOCCOCCOCCNC(=O)OC(C)(C)C)CC(=O)OCc1ccccc1)CC(=O)NCCOCCOCCOCCNC(=O)OC(C)(C)C. The normalized spacial score (nSPS) is 11.8. The second-order valence-electron chi connectivity index (χ2n) is 28.3. The third-order valence-corrected chi connectivity index (χ3v) is 13.4. The van der Waals surface area contributed by atoms with E-state index < -0.39 is 76.4 Å². The third kappa shape index (κ3) is 70.2. The Bertz CT molecular complexity index is 2320. The van der Waals surface area contributed by atoms with Crippen molar-refractivity contribution in [1.82, 2.24) is 57.2 Å². The molecule has 0 aromatic heterocycles. The van der Waals surface area contributed by atoms with Gasteiger partial charge in [-0.25, -0.2) is 19.2 Å². The smallest absolute Gasteiger partial charge is 0.407 e. The Labute approximate surface area is 650 Å². The maximum atomic E-state index is 13.7. The average Bonchev–Trinajstić information content (AvgIpc) is 0.900. The molecular formula is C73H133N11O26. The molecule has 1 aromatic carbocycles. The van der Waals surface area contributed by atoms with Crippen LogP contribution in [0.15, 0.2) is 30.3 Å². The summed E-state index contributed by atoms with van der Waals surface area (Å²) < 4.78 is 93.5. The van der Waals surface area contributed by atoms with E-state index in [9.17, 15) is 43.2 Å². The molecular weight excluding hydrogens is 1450 g/mol. The van der Waals surface area contributed by atoms with Crippen molar-refractivity contribution >= 4 is 54.0 Å². The molecule has 0 saturated heterocycles. The fourth-order valence-corrected chi connectivity index (χ4v) is 8.64. The molecule has 0 bridgehead atoms. The number of amides is 8. The second-order valence-corrected chi connectivity index (χ2v) is 28.3. The van der Waals surface area contributed by atoms with Crippen LogP contribution in [0.1, 0.15) is 88.6 Å². The molecule has 0 unspecified atom stereocenters. The molecule has 0 atom stereocenters. The summed E-state index contributed by atoms with van der Waals surface area (Å²) in [6.07, 6.45) is -2.12. The molecule has 37 heteroatoms. The number of nitrogens with one attached hydrogen (secondary N) is 8. The highest BCUT2D eigenvalue weighted by Gasteiger charge is 2.23. The minimum atomic E-state index is -0.607. The Kier molecular flexibility index (Phi) is 58.4. The molecule has 0 spiro atoms. The number of esters is 1. The Morgan fingerprint density at radius 3 is 0.682 bits per heavy atom. The summed E-state index contributed by atoms with van der Waals surface area (Å²) in [7, 11) is 0. The van der Waals surface area contributed by atoms with Gasteiger partial charge < -0.3 is 123 Å². The van der Waals surface area contributed by atoms with E-state index in [1.165, 1.54) is 0 Å². The first-order valence-corrected chi connectivity index (χ1v) is 37.6. The summed E-state index contributed by atoms with van der Waals surface area (Å²) in [4.78, 5) is 120. The molecule has 0 aliphatic heterocycles. The summed E-state index contributed by atoms with van der Waals surface area (Å²) in [5, 5.41) is 21.8. The zero-order valence-electron chi connectivity index (χ0n) is 67.5. The van der Waals surface area contributed by atoms with Crippen LogP contribution in [-0.4, -0.2) is 361 Å². The van der Waals surface area contributed by atoms with Crippen LogP contribution < -0.4 is 42.5 Å². The highest BCUT2D eigenvalue weighted by Crippen LogP contribution is 2.10. The number of ether oxygens (including phenoxy) is 17. The van der Waals surface area contributed by atoms with Gasteiger partial charge in [-0.1, -0.05) is 30.3 Å². The van der Waals surface area contributed by atoms with Gasteiger partial charge in [0.1, 0.15) is 29.0 Å². The largest absolute Gasteiger partial charge is 0.460 e. The van der Waals surface area contributed by atoms with Crippen LogP contribution in [0.2, 0.25) is 0 Å². The lowest BCUT2D eigenvalue weighted by Crippen LogP contribution is -2.49. The van der Waals surface area contributed by atoms with E-state index in [1.807, 2.05) is 30.3 Å². The van der Waals surface area contributed by atoms with Crippen LogP contribution in [0.4, 0.5) is 19.2 Å². The minimum Gasteiger partial charge on any atom is -0.460 e. The van der Waals surface area contributed by atoms with Gasteiger partial charge in [-0.15, -0.1) is 0 Å². The molecule has 8 amide bonds. The predicted molar refractivity (Wildman–Crippen MR) is 404 cm³/mol. The first kappa shape index (κ1) is 101. The van der Waals surface area contributed by atoms with Crippen molar-refractivity contribution < 1.29 is 124 Å². The van der Waals surface area contributed by atoms with Crippen LogP contribution in [0, 0.1) is 0 Å². The monoisotopic (exact) mass is 1580 g/mol. The van der Waals surface area contributed by atoms with E-state index in [1.54, 1.807) is 97.8 Å². The summed E-state index contributed by atoms with van der Waals surface area (Å²) in [6, 6.07) is 9.13. The molecule has 0 saturated carbocycles. The number of benzene rings is 1. The number of alkyl carbamates (subject to hydrolysis) is 4. The van der Waals surface area contributed by atoms with Gasteiger partial charge in [-0.05, 0) is 88.6 Å². The van der Waals surface area contributed by atoms with Crippen molar-refractivity contribution in [3.63, 3.8) is 0 Å². The van der Waals surface area contributed by atoms with Gasteiger partial charge in [0.05, 0.1) is 191 Å². The lowest BCUT2D eigenvalue weighted by molar-refractivity contribution is -0.146. The molecule has 1 rings (SSSR count). The van der Waals surface area contributed by atoms with Crippen LogP contribution in [0.5, 0.6) is 0 Å². The number of hydrogen-bond acceptors (Lipinski definition) is 29. The summed E-state index contributed by atoms with van der Waals surface area (Å²) >= 11 is 0. The van der Waals surface area contributed by atoms with Crippen molar-refractivity contribution in [2.24, 2.45) is 0 Å². The second kappa shape index (κ2) is 63.6. The van der Waals surface area contributed by atoms with Crippen LogP contribution >= 0.6 is 0 Å². The first-order chi connectivity index (χ1) is 52.4. The molecule has 8 N–H and O–H groups in total. The highest BCUT2D eigenvalue weighted by molar-refractivity contribution is 5.82. The number of hydrogen-bond donors (Lipinski definition) is 8. The third-order valence-electron chi connectivity index (χ3n) is 13.4. The minimum absolute atomic E-state index is 0.00668. The molecule has 636 valence electrons. The van der Waals surface area contributed by atoms with E-state index in [0.29, 0.717) is 52.9 Å². The maximum absolute atomic E-state index is 13.7. The van der Waals surface area contributed by atoms with Crippen LogP contribution in [0.25, 0.3) is 0 Å². The van der Waals surface area contributed by atoms with Crippen molar-refractivity contribution in [2.45, 2.75) is 112 Å². The highest BCUT2D eigenvalue weighted by atomic mass is 16.6. The van der Waals surface area contributed by atoms with Crippen molar-refractivity contribution in [3.05, 3.63) is 35.9 Å². The molecule has 0 heterocycles.